The van der Waals surface area contributed by atoms with Crippen LogP contribution >= 0.6 is 0 Å². The van der Waals surface area contributed by atoms with E-state index in [1.54, 1.807) is 0 Å². The molecule has 70 valence electrons. The van der Waals surface area contributed by atoms with Crippen LogP contribution in [0, 0.1) is 0 Å². The van der Waals surface area contributed by atoms with Crippen molar-refractivity contribution in [3.63, 3.8) is 0 Å². The van der Waals surface area contributed by atoms with Crippen molar-refractivity contribution in [3.8, 4) is 0 Å². The second-order valence-corrected chi connectivity index (χ2v) is 3.98. The third-order valence-electron chi connectivity index (χ3n) is 1.89. The zero-order valence-corrected chi connectivity index (χ0v) is 8.19. The van der Waals surface area contributed by atoms with E-state index in [0.717, 1.165) is 6.42 Å². The minimum atomic E-state index is -0.452. The Hall–Kier alpha value is 0.960. The number of aliphatic hydroxyl groups is 1. The van der Waals surface area contributed by atoms with Gasteiger partial charge in [-0.2, -0.15) is 0 Å². The van der Waals surface area contributed by atoms with Crippen LogP contribution in [0.4, 0.5) is 0 Å². The topological polar surface area (TPSA) is 20.2 Å². The van der Waals surface area contributed by atoms with Crippen molar-refractivity contribution in [3.05, 3.63) is 0 Å². The van der Waals surface area contributed by atoms with Crippen molar-refractivity contribution in [2.75, 3.05) is 0 Å². The summed E-state index contributed by atoms with van der Waals surface area (Å²) in [6.07, 6.45) is 7.35. The van der Waals surface area contributed by atoms with Gasteiger partial charge in [0.15, 0.2) is 0 Å². The van der Waals surface area contributed by atoms with Gasteiger partial charge >= 0.3 is 29.6 Å². The molecule has 1 nitrogen and oxygen atoms in total. The molecule has 0 saturated carbocycles. The number of unbranched alkanes of at least 4 members (excludes halogenated alkanes) is 4. The van der Waals surface area contributed by atoms with E-state index >= 15 is 0 Å². The maximum atomic E-state index is 9.37. The van der Waals surface area contributed by atoms with Crippen molar-refractivity contribution in [2.45, 2.75) is 64.9 Å². The molecule has 0 amide bonds. The Morgan fingerprint density at radius 3 is 1.92 bits per heavy atom. The number of hydrogen-bond donors (Lipinski definition) is 1. The van der Waals surface area contributed by atoms with E-state index in [2.05, 4.69) is 6.92 Å². The number of hydrogen-bond acceptors (Lipinski definition) is 1. The second kappa shape index (κ2) is 8.55. The van der Waals surface area contributed by atoms with Crippen LogP contribution in [-0.2, 0) is 0 Å². The van der Waals surface area contributed by atoms with Crippen molar-refractivity contribution in [1.82, 2.24) is 0 Å². The molecule has 0 aliphatic heterocycles. The van der Waals surface area contributed by atoms with Crippen LogP contribution in [0.3, 0.4) is 0 Å². The summed E-state index contributed by atoms with van der Waals surface area (Å²) in [5.41, 5.74) is -0.452. The molecule has 0 heterocycles. The molecule has 0 spiro atoms. The SMILES string of the molecule is CCCCCCCC(C)(C)O.[NaH]. The van der Waals surface area contributed by atoms with Gasteiger partial charge < -0.3 is 5.11 Å². The van der Waals surface area contributed by atoms with Crippen LogP contribution < -0.4 is 0 Å². The maximum absolute atomic E-state index is 9.37. The van der Waals surface area contributed by atoms with Gasteiger partial charge in [0.2, 0.25) is 0 Å². The first kappa shape index (κ1) is 15.4. The molecular formula is C10H23NaO. The van der Waals surface area contributed by atoms with Crippen molar-refractivity contribution in [1.29, 1.82) is 0 Å². The summed E-state index contributed by atoms with van der Waals surface area (Å²) in [4.78, 5) is 0. The fraction of sp³-hybridized carbons (Fsp3) is 1.00. The van der Waals surface area contributed by atoms with Gasteiger partial charge in [0.05, 0.1) is 5.60 Å². The van der Waals surface area contributed by atoms with Crippen LogP contribution in [0.2, 0.25) is 0 Å². The second-order valence-electron chi connectivity index (χ2n) is 3.98. The van der Waals surface area contributed by atoms with E-state index in [4.69, 9.17) is 0 Å². The first-order valence-electron chi connectivity index (χ1n) is 4.78. The molecule has 0 aliphatic rings. The normalized spacial score (nSPS) is 11.0. The molecule has 0 aromatic carbocycles. The predicted octanol–water partition coefficient (Wildman–Crippen LogP) is 2.47. The summed E-state index contributed by atoms with van der Waals surface area (Å²) in [6.45, 7) is 5.98. The summed E-state index contributed by atoms with van der Waals surface area (Å²) >= 11 is 0. The molecule has 0 rings (SSSR count). The quantitative estimate of drug-likeness (QED) is 0.494. The average molecular weight is 182 g/mol. The van der Waals surface area contributed by atoms with Crippen molar-refractivity contribution in [2.24, 2.45) is 0 Å². The van der Waals surface area contributed by atoms with Crippen LogP contribution in [0.1, 0.15) is 59.3 Å². The summed E-state index contributed by atoms with van der Waals surface area (Å²) in [6, 6.07) is 0. The number of rotatable bonds is 6. The zero-order chi connectivity index (χ0) is 8.74. The van der Waals surface area contributed by atoms with Crippen LogP contribution in [0.15, 0.2) is 0 Å². The average Bonchev–Trinajstić information content (AvgIpc) is 1.85. The standard InChI is InChI=1S/C10H22O.Na.H/c1-4-5-6-7-8-9-10(2,3)11;;/h11H,4-9H2,1-3H3;;. The van der Waals surface area contributed by atoms with Gasteiger partial charge in [-0.3, -0.25) is 0 Å². The van der Waals surface area contributed by atoms with Gasteiger partial charge in [0.25, 0.3) is 0 Å². The van der Waals surface area contributed by atoms with Crippen molar-refractivity contribution >= 4 is 29.6 Å². The molecule has 0 fully saturated rings. The fourth-order valence-electron chi connectivity index (χ4n) is 1.16. The Morgan fingerprint density at radius 2 is 1.50 bits per heavy atom. The molecule has 0 atom stereocenters. The summed E-state index contributed by atoms with van der Waals surface area (Å²) in [5, 5.41) is 9.37. The molecule has 0 bridgehead atoms. The molecule has 0 aliphatic carbocycles. The van der Waals surface area contributed by atoms with Gasteiger partial charge in [-0.15, -0.1) is 0 Å². The minimum absolute atomic E-state index is 0. The fourth-order valence-corrected chi connectivity index (χ4v) is 1.16. The molecule has 1 N–H and O–H groups in total. The Morgan fingerprint density at radius 1 is 1.00 bits per heavy atom. The van der Waals surface area contributed by atoms with E-state index in [0.29, 0.717) is 0 Å². The van der Waals surface area contributed by atoms with Crippen LogP contribution in [0.5, 0.6) is 0 Å². The molecule has 0 radical (unpaired) electrons. The van der Waals surface area contributed by atoms with E-state index in [1.165, 1.54) is 32.1 Å². The molecule has 0 aromatic heterocycles. The predicted molar refractivity (Wildman–Crippen MR) is 56.8 cm³/mol. The first-order valence-corrected chi connectivity index (χ1v) is 4.78. The van der Waals surface area contributed by atoms with E-state index in [-0.39, 0.29) is 29.6 Å². The monoisotopic (exact) mass is 182 g/mol. The Kier molecular flexibility index (Phi) is 11.0. The molecule has 0 aromatic rings. The van der Waals surface area contributed by atoms with Crippen molar-refractivity contribution < 1.29 is 5.11 Å². The van der Waals surface area contributed by atoms with E-state index < -0.39 is 5.60 Å². The van der Waals surface area contributed by atoms with Gasteiger partial charge in [0, 0.05) is 0 Å². The third kappa shape index (κ3) is 13.5. The summed E-state index contributed by atoms with van der Waals surface area (Å²) in [7, 11) is 0. The summed E-state index contributed by atoms with van der Waals surface area (Å²) in [5.74, 6) is 0. The van der Waals surface area contributed by atoms with Gasteiger partial charge in [-0.1, -0.05) is 39.0 Å². The summed E-state index contributed by atoms with van der Waals surface area (Å²) < 4.78 is 0. The van der Waals surface area contributed by atoms with Crippen LogP contribution in [-0.4, -0.2) is 40.3 Å². The molecular weight excluding hydrogens is 159 g/mol. The third-order valence-corrected chi connectivity index (χ3v) is 1.89. The first-order chi connectivity index (χ1) is 5.06. The Bertz CT molecular complexity index is 86.3. The van der Waals surface area contributed by atoms with E-state index in [9.17, 15) is 5.11 Å². The van der Waals surface area contributed by atoms with Gasteiger partial charge in [-0.05, 0) is 20.3 Å². The van der Waals surface area contributed by atoms with Crippen LogP contribution in [0.25, 0.3) is 0 Å². The van der Waals surface area contributed by atoms with Gasteiger partial charge in [-0.25, -0.2) is 0 Å². The Labute approximate surface area is 99.2 Å². The Balaban J connectivity index is 0. The molecule has 0 unspecified atom stereocenters. The van der Waals surface area contributed by atoms with Gasteiger partial charge in [0.1, 0.15) is 0 Å². The molecule has 0 saturated heterocycles. The zero-order valence-electron chi connectivity index (χ0n) is 8.19. The molecule has 12 heavy (non-hydrogen) atoms. The van der Waals surface area contributed by atoms with E-state index in [1.807, 2.05) is 13.8 Å². The molecule has 2 heteroatoms.